The van der Waals surface area contributed by atoms with Crippen molar-refractivity contribution in [3.05, 3.63) is 35.9 Å². The average Bonchev–Trinajstić information content (AvgIpc) is 3.07. The van der Waals surface area contributed by atoms with E-state index in [0.717, 1.165) is 13.2 Å². The minimum Gasteiger partial charge on any atom is -0.418 e. The number of rotatable bonds is 4. The molecule has 0 spiro atoms. The molecule has 1 heterocycles. The standard InChI is InChI=1S/C10H12O2.C2H6/c1-2-4-9(5-3-1)6-11-7-10-8-12-10;1-2/h1-5,10H,6-8H2;1-2H3/p+1. The molecule has 0 aromatic heterocycles. The van der Waals surface area contributed by atoms with Crippen molar-refractivity contribution in [3.63, 3.8) is 0 Å². The van der Waals surface area contributed by atoms with E-state index in [1.54, 1.807) is 0 Å². The van der Waals surface area contributed by atoms with Gasteiger partial charge < -0.3 is 9.47 Å². The van der Waals surface area contributed by atoms with Crippen LogP contribution in [0.2, 0.25) is 0 Å². The Bertz CT molecular complexity index is 229. The summed E-state index contributed by atoms with van der Waals surface area (Å²) in [6.45, 7) is 6.50. The van der Waals surface area contributed by atoms with Crippen molar-refractivity contribution in [2.45, 2.75) is 26.6 Å². The summed E-state index contributed by atoms with van der Waals surface area (Å²) in [7, 11) is 0. The van der Waals surface area contributed by atoms with Crippen molar-refractivity contribution in [2.75, 3.05) is 13.2 Å². The van der Waals surface area contributed by atoms with Crippen LogP contribution in [0, 0.1) is 0 Å². The summed E-state index contributed by atoms with van der Waals surface area (Å²) >= 11 is 0. The topological polar surface area (TPSA) is 22.0 Å². The number of ether oxygens (including phenoxy) is 2. The number of hydrogen-bond acceptors (Lipinski definition) is 1. The number of aliphatic hydroxyl groups is 2. The molecule has 1 aliphatic heterocycles. The van der Waals surface area contributed by atoms with Crippen molar-refractivity contribution >= 4 is 0 Å². The fourth-order valence-corrected chi connectivity index (χ4v) is 1.07. The van der Waals surface area contributed by atoms with Crippen molar-refractivity contribution in [3.8, 4) is 0 Å². The van der Waals surface area contributed by atoms with E-state index in [1.165, 1.54) is 5.56 Å². The van der Waals surface area contributed by atoms with E-state index in [9.17, 15) is 0 Å². The Hall–Kier alpha value is -0.860. The third-order valence-corrected chi connectivity index (χ3v) is 1.86. The highest BCUT2D eigenvalue weighted by Gasteiger charge is 2.30. The van der Waals surface area contributed by atoms with Crippen LogP contribution in [-0.4, -0.2) is 24.1 Å². The third kappa shape index (κ3) is 4.40. The average molecular weight is 195 g/mol. The molecule has 0 bridgehead atoms. The van der Waals surface area contributed by atoms with Gasteiger partial charge in [-0.05, 0) is 5.56 Å². The lowest BCUT2D eigenvalue weighted by Gasteiger charge is -1.99. The van der Waals surface area contributed by atoms with Crippen LogP contribution in [-0.2, 0) is 11.3 Å². The molecule has 14 heavy (non-hydrogen) atoms. The van der Waals surface area contributed by atoms with Gasteiger partial charge in [-0.2, -0.15) is 0 Å². The fourth-order valence-electron chi connectivity index (χ4n) is 1.07. The molecule has 1 aromatic rings. The van der Waals surface area contributed by atoms with E-state index in [2.05, 4.69) is 16.9 Å². The largest absolute Gasteiger partial charge is 0.418 e. The van der Waals surface area contributed by atoms with E-state index < -0.39 is 0 Å². The van der Waals surface area contributed by atoms with Gasteiger partial charge in [-0.25, -0.2) is 0 Å². The molecule has 0 amide bonds. The third-order valence-electron chi connectivity index (χ3n) is 1.86. The molecule has 1 N–H and O–H groups in total. The van der Waals surface area contributed by atoms with E-state index in [-0.39, 0.29) is 0 Å². The smallest absolute Gasteiger partial charge is 0.248 e. The van der Waals surface area contributed by atoms with Crippen molar-refractivity contribution in [1.82, 2.24) is 0 Å². The molecule has 1 aromatic carbocycles. The predicted molar refractivity (Wildman–Crippen MR) is 58.3 cm³/mol. The summed E-state index contributed by atoms with van der Waals surface area (Å²) in [5.74, 6) is 0. The Morgan fingerprint density at radius 1 is 1.29 bits per heavy atom. The fraction of sp³-hybridized carbons (Fsp3) is 0.500. The first-order valence-corrected chi connectivity index (χ1v) is 5.23. The minimum absolute atomic E-state index is 0.494. The monoisotopic (exact) mass is 195 g/mol. The normalized spacial score (nSPS) is 18.3. The molecule has 0 aliphatic carbocycles. The highest BCUT2D eigenvalue weighted by Crippen LogP contribution is 2.06. The van der Waals surface area contributed by atoms with Gasteiger partial charge in [-0.3, -0.25) is 0 Å². The molecule has 1 fully saturated rings. The Labute approximate surface area is 85.8 Å². The van der Waals surface area contributed by atoms with Crippen molar-refractivity contribution < 1.29 is 9.47 Å². The van der Waals surface area contributed by atoms with Crippen molar-refractivity contribution in [2.24, 2.45) is 0 Å². The maximum atomic E-state index is 5.45. The summed E-state index contributed by atoms with van der Waals surface area (Å²) in [5.41, 5.74) is 1.23. The molecule has 2 rings (SSSR count). The molecule has 1 atom stereocenters. The molecule has 2 nitrogen and oxygen atoms in total. The highest BCUT2D eigenvalue weighted by molar-refractivity contribution is 5.13. The zero-order chi connectivity index (χ0) is 10.2. The molecule has 0 radical (unpaired) electrons. The van der Waals surface area contributed by atoms with Crippen LogP contribution < -0.4 is 0 Å². The molecular weight excluding hydrogens is 176 g/mol. The van der Waals surface area contributed by atoms with Crippen LogP contribution in [0.3, 0.4) is 0 Å². The van der Waals surface area contributed by atoms with Gasteiger partial charge in [0, 0.05) is 0 Å². The van der Waals surface area contributed by atoms with Gasteiger partial charge in [0.1, 0.15) is 6.61 Å². The van der Waals surface area contributed by atoms with Crippen LogP contribution in [0.15, 0.2) is 30.3 Å². The summed E-state index contributed by atoms with van der Waals surface area (Å²) < 4.78 is 9.56. The lowest BCUT2D eigenvalue weighted by molar-refractivity contribution is 0.0729. The maximum absolute atomic E-state index is 5.45. The SMILES string of the molecule is CC.c1ccc(COCC2C[OH+]2)cc1. The first kappa shape index (κ1) is 11.2. The second-order valence-corrected chi connectivity index (χ2v) is 3.02. The lowest BCUT2D eigenvalue weighted by atomic mass is 10.2. The Morgan fingerprint density at radius 3 is 2.50 bits per heavy atom. The van der Waals surface area contributed by atoms with E-state index >= 15 is 0 Å². The first-order chi connectivity index (χ1) is 6.95. The lowest BCUT2D eigenvalue weighted by Crippen LogP contribution is -2.01. The van der Waals surface area contributed by atoms with E-state index in [1.807, 2.05) is 32.0 Å². The molecule has 0 saturated carbocycles. The Kier molecular flexibility index (Phi) is 5.27. The van der Waals surface area contributed by atoms with Gasteiger partial charge in [0.05, 0.1) is 6.61 Å². The summed E-state index contributed by atoms with van der Waals surface area (Å²) in [6.07, 6.45) is 0.494. The Morgan fingerprint density at radius 2 is 1.93 bits per heavy atom. The number of benzene rings is 1. The molecule has 1 unspecified atom stereocenters. The van der Waals surface area contributed by atoms with Gasteiger partial charge in [0.15, 0.2) is 0 Å². The van der Waals surface area contributed by atoms with E-state index in [4.69, 9.17) is 4.74 Å². The van der Waals surface area contributed by atoms with Crippen LogP contribution in [0.5, 0.6) is 0 Å². The van der Waals surface area contributed by atoms with Gasteiger partial charge in [-0.15, -0.1) is 0 Å². The number of epoxide rings is 1. The summed E-state index contributed by atoms with van der Waals surface area (Å²) in [5, 5.41) is 0. The first-order valence-electron chi connectivity index (χ1n) is 5.23. The molecule has 2 heteroatoms. The van der Waals surface area contributed by atoms with Crippen LogP contribution in [0.1, 0.15) is 19.4 Å². The maximum Gasteiger partial charge on any atom is 0.248 e. The van der Waals surface area contributed by atoms with Crippen LogP contribution in [0.4, 0.5) is 0 Å². The summed E-state index contributed by atoms with van der Waals surface area (Å²) in [6, 6.07) is 10.2. The van der Waals surface area contributed by atoms with E-state index in [0.29, 0.717) is 12.7 Å². The molecule has 78 valence electrons. The Balaban J connectivity index is 0.000000461. The predicted octanol–water partition coefficient (Wildman–Crippen LogP) is 2.14. The minimum atomic E-state index is 0.494. The van der Waals surface area contributed by atoms with Gasteiger partial charge >= 0.3 is 0 Å². The van der Waals surface area contributed by atoms with Crippen LogP contribution >= 0.6 is 0 Å². The molecule has 1 aliphatic rings. The molecular formula is C12H19O2+. The zero-order valence-corrected chi connectivity index (χ0v) is 8.94. The zero-order valence-electron chi connectivity index (χ0n) is 8.94. The van der Waals surface area contributed by atoms with Gasteiger partial charge in [-0.1, -0.05) is 44.2 Å². The second kappa shape index (κ2) is 6.57. The van der Waals surface area contributed by atoms with Crippen molar-refractivity contribution in [1.29, 1.82) is 0 Å². The van der Waals surface area contributed by atoms with Gasteiger partial charge in [0.25, 0.3) is 0 Å². The van der Waals surface area contributed by atoms with Gasteiger partial charge in [0.2, 0.25) is 12.7 Å². The molecule has 1 saturated heterocycles. The number of hydrogen-bond donors (Lipinski definition) is 0. The highest BCUT2D eigenvalue weighted by atomic mass is 16.6. The second-order valence-electron chi connectivity index (χ2n) is 3.02. The quantitative estimate of drug-likeness (QED) is 0.533. The summed E-state index contributed by atoms with van der Waals surface area (Å²) in [4.78, 5) is 0. The van der Waals surface area contributed by atoms with Crippen LogP contribution in [0.25, 0.3) is 0 Å².